The van der Waals surface area contributed by atoms with Gasteiger partial charge in [-0.3, -0.25) is 9.69 Å². The highest BCUT2D eigenvalue weighted by Crippen LogP contribution is 2.14. The smallest absolute Gasteiger partial charge is 0.238 e. The zero-order chi connectivity index (χ0) is 19.9. The van der Waals surface area contributed by atoms with Crippen LogP contribution in [0.2, 0.25) is 0 Å². The highest BCUT2D eigenvalue weighted by Gasteiger charge is 2.11. The van der Waals surface area contributed by atoms with Gasteiger partial charge in [-0.05, 0) is 35.9 Å². The van der Waals surface area contributed by atoms with Crippen molar-refractivity contribution < 1.29 is 17.6 Å². The first-order valence-corrected chi connectivity index (χ1v) is 9.65. The second kappa shape index (κ2) is 9.28. The SMILES string of the molecule is C#CCN(CCC(=O)Nc1cccc(S(N)(=O)=O)c1)Cc1ccc(F)cc1. The van der Waals surface area contributed by atoms with Gasteiger partial charge in [-0.2, -0.15) is 0 Å². The van der Waals surface area contributed by atoms with Crippen molar-refractivity contribution in [3.63, 3.8) is 0 Å². The van der Waals surface area contributed by atoms with Crippen LogP contribution in [-0.2, 0) is 21.4 Å². The van der Waals surface area contributed by atoms with Crippen molar-refractivity contribution in [3.05, 3.63) is 59.9 Å². The number of nitrogens with zero attached hydrogens (tertiary/aromatic N) is 1. The van der Waals surface area contributed by atoms with E-state index in [1.165, 1.54) is 30.3 Å². The molecule has 8 heteroatoms. The van der Waals surface area contributed by atoms with E-state index in [2.05, 4.69) is 11.2 Å². The Morgan fingerprint density at radius 2 is 1.93 bits per heavy atom. The standard InChI is InChI=1S/C19H20FN3O3S/c1-2-11-23(14-15-6-8-16(20)9-7-15)12-10-19(24)22-17-4-3-5-18(13-17)27(21,25)26/h1,3-9,13H,10-12,14H2,(H,22,24)(H2,21,25,26). The van der Waals surface area contributed by atoms with E-state index in [0.717, 1.165) is 5.56 Å². The molecule has 0 aliphatic rings. The molecule has 0 saturated heterocycles. The highest BCUT2D eigenvalue weighted by molar-refractivity contribution is 7.89. The van der Waals surface area contributed by atoms with Crippen LogP contribution < -0.4 is 10.5 Å². The first kappa shape index (κ1) is 20.6. The Labute approximate surface area is 158 Å². The molecule has 0 aromatic heterocycles. The van der Waals surface area contributed by atoms with Gasteiger partial charge in [0.1, 0.15) is 5.82 Å². The van der Waals surface area contributed by atoms with Crippen molar-refractivity contribution in [1.29, 1.82) is 0 Å². The second-order valence-corrected chi connectivity index (χ2v) is 7.47. The number of terminal acetylenes is 1. The van der Waals surface area contributed by atoms with Gasteiger partial charge in [-0.25, -0.2) is 17.9 Å². The van der Waals surface area contributed by atoms with E-state index in [0.29, 0.717) is 25.3 Å². The lowest BCUT2D eigenvalue weighted by atomic mass is 10.2. The van der Waals surface area contributed by atoms with Crippen LogP contribution in [0.4, 0.5) is 10.1 Å². The molecule has 2 rings (SSSR count). The van der Waals surface area contributed by atoms with Gasteiger partial charge in [-0.15, -0.1) is 6.42 Å². The average molecular weight is 389 g/mol. The number of primary sulfonamides is 1. The molecule has 0 spiro atoms. The lowest BCUT2D eigenvalue weighted by Gasteiger charge is -2.19. The van der Waals surface area contributed by atoms with Gasteiger partial charge in [0.15, 0.2) is 0 Å². The molecule has 1 amide bonds. The van der Waals surface area contributed by atoms with E-state index in [-0.39, 0.29) is 23.0 Å². The quantitative estimate of drug-likeness (QED) is 0.675. The summed E-state index contributed by atoms with van der Waals surface area (Å²) in [5, 5.41) is 7.72. The van der Waals surface area contributed by atoms with Crippen molar-refractivity contribution >= 4 is 21.6 Å². The number of hydrogen-bond acceptors (Lipinski definition) is 4. The molecule has 0 unspecified atom stereocenters. The fourth-order valence-corrected chi connectivity index (χ4v) is 2.98. The first-order valence-electron chi connectivity index (χ1n) is 8.11. The minimum absolute atomic E-state index is 0.0782. The lowest BCUT2D eigenvalue weighted by Crippen LogP contribution is -2.28. The number of amides is 1. The Kier molecular flexibility index (Phi) is 7.07. The summed E-state index contributed by atoms with van der Waals surface area (Å²) in [7, 11) is -3.84. The third-order valence-electron chi connectivity index (χ3n) is 3.74. The van der Waals surface area contributed by atoms with Crippen molar-refractivity contribution in [1.82, 2.24) is 4.90 Å². The van der Waals surface area contributed by atoms with E-state index in [1.54, 1.807) is 18.2 Å². The van der Waals surface area contributed by atoms with E-state index in [1.807, 2.05) is 4.90 Å². The van der Waals surface area contributed by atoms with Crippen LogP contribution in [-0.4, -0.2) is 32.3 Å². The summed E-state index contributed by atoms with van der Waals surface area (Å²) in [5.41, 5.74) is 1.22. The molecule has 0 heterocycles. The van der Waals surface area contributed by atoms with Crippen LogP contribution in [0.1, 0.15) is 12.0 Å². The molecule has 2 aromatic carbocycles. The van der Waals surface area contributed by atoms with Crippen molar-refractivity contribution in [2.24, 2.45) is 5.14 Å². The summed E-state index contributed by atoms with van der Waals surface area (Å²) in [6.07, 6.45) is 5.53. The van der Waals surface area contributed by atoms with Crippen LogP contribution in [0.3, 0.4) is 0 Å². The predicted octanol–water partition coefficient (Wildman–Crippen LogP) is 1.94. The molecule has 0 atom stereocenters. The van der Waals surface area contributed by atoms with Crippen LogP contribution in [0.15, 0.2) is 53.4 Å². The monoisotopic (exact) mass is 389 g/mol. The third-order valence-corrected chi connectivity index (χ3v) is 4.65. The lowest BCUT2D eigenvalue weighted by molar-refractivity contribution is -0.116. The van der Waals surface area contributed by atoms with Crippen LogP contribution in [0.5, 0.6) is 0 Å². The molecule has 0 bridgehead atoms. The zero-order valence-electron chi connectivity index (χ0n) is 14.6. The number of anilines is 1. The number of hydrogen-bond donors (Lipinski definition) is 2. The van der Waals surface area contributed by atoms with Gasteiger partial charge < -0.3 is 5.32 Å². The Balaban J connectivity index is 1.94. The van der Waals surface area contributed by atoms with Gasteiger partial charge in [0, 0.05) is 25.2 Å². The van der Waals surface area contributed by atoms with Crippen molar-refractivity contribution in [2.45, 2.75) is 17.9 Å². The molecule has 0 radical (unpaired) electrons. The highest BCUT2D eigenvalue weighted by atomic mass is 32.2. The van der Waals surface area contributed by atoms with Crippen LogP contribution in [0, 0.1) is 18.2 Å². The zero-order valence-corrected chi connectivity index (χ0v) is 15.4. The van der Waals surface area contributed by atoms with Gasteiger partial charge in [0.2, 0.25) is 15.9 Å². The summed E-state index contributed by atoms with van der Waals surface area (Å²) in [5.74, 6) is 1.93. The number of carbonyl (C=O) groups is 1. The maximum absolute atomic E-state index is 13.0. The van der Waals surface area contributed by atoms with E-state index < -0.39 is 10.0 Å². The molecule has 0 aliphatic heterocycles. The summed E-state index contributed by atoms with van der Waals surface area (Å²) >= 11 is 0. The summed E-state index contributed by atoms with van der Waals surface area (Å²) < 4.78 is 35.7. The largest absolute Gasteiger partial charge is 0.326 e. The maximum Gasteiger partial charge on any atom is 0.238 e. The van der Waals surface area contributed by atoms with Gasteiger partial charge >= 0.3 is 0 Å². The Morgan fingerprint density at radius 1 is 1.22 bits per heavy atom. The molecule has 0 saturated carbocycles. The fraction of sp³-hybridized carbons (Fsp3) is 0.211. The molecule has 142 valence electrons. The summed E-state index contributed by atoms with van der Waals surface area (Å²) in [4.78, 5) is 14.0. The number of nitrogens with one attached hydrogen (secondary N) is 1. The Morgan fingerprint density at radius 3 is 2.56 bits per heavy atom. The molecule has 0 aliphatic carbocycles. The molecule has 27 heavy (non-hydrogen) atoms. The Bertz CT molecular complexity index is 937. The predicted molar refractivity (Wildman–Crippen MR) is 102 cm³/mol. The fourth-order valence-electron chi connectivity index (χ4n) is 2.43. The minimum Gasteiger partial charge on any atom is -0.326 e. The molecule has 0 fully saturated rings. The minimum atomic E-state index is -3.84. The van der Waals surface area contributed by atoms with Crippen LogP contribution in [0.25, 0.3) is 0 Å². The van der Waals surface area contributed by atoms with Crippen molar-refractivity contribution in [3.8, 4) is 12.3 Å². The second-order valence-electron chi connectivity index (χ2n) is 5.91. The van der Waals surface area contributed by atoms with E-state index >= 15 is 0 Å². The van der Waals surface area contributed by atoms with Gasteiger partial charge in [0.05, 0.1) is 11.4 Å². The molecule has 6 nitrogen and oxygen atoms in total. The molecular weight excluding hydrogens is 369 g/mol. The van der Waals surface area contributed by atoms with Crippen LogP contribution >= 0.6 is 0 Å². The van der Waals surface area contributed by atoms with E-state index in [4.69, 9.17) is 11.6 Å². The number of rotatable bonds is 8. The maximum atomic E-state index is 13.0. The third kappa shape index (κ3) is 6.83. The summed E-state index contributed by atoms with van der Waals surface area (Å²) in [6, 6.07) is 11.8. The van der Waals surface area contributed by atoms with Crippen molar-refractivity contribution in [2.75, 3.05) is 18.4 Å². The molecule has 2 aromatic rings. The number of benzene rings is 2. The van der Waals surface area contributed by atoms with Gasteiger partial charge in [-0.1, -0.05) is 24.1 Å². The topological polar surface area (TPSA) is 92.5 Å². The van der Waals surface area contributed by atoms with Gasteiger partial charge in [0.25, 0.3) is 0 Å². The molecule has 3 N–H and O–H groups in total. The number of nitrogens with two attached hydrogens (primary N) is 1. The number of halogens is 1. The normalized spacial score (nSPS) is 11.2. The molecular formula is C19H20FN3O3S. The number of carbonyl (C=O) groups excluding carboxylic acids is 1. The number of sulfonamides is 1. The average Bonchev–Trinajstić information content (AvgIpc) is 2.61. The van der Waals surface area contributed by atoms with E-state index in [9.17, 15) is 17.6 Å². The summed E-state index contributed by atoms with van der Waals surface area (Å²) in [6.45, 7) is 1.21. The first-order chi connectivity index (χ1) is 12.8. The Hall–Kier alpha value is -2.73.